The zero-order chi connectivity index (χ0) is 17.5. The number of rotatable bonds is 3. The van der Waals surface area contributed by atoms with Crippen LogP contribution in [0.4, 0.5) is 17.6 Å². The molecule has 0 aliphatic carbocycles. The van der Waals surface area contributed by atoms with Gasteiger partial charge in [-0.3, -0.25) is 9.67 Å². The molecule has 0 bridgehead atoms. The second-order valence-corrected chi connectivity index (χ2v) is 5.27. The van der Waals surface area contributed by atoms with Crippen LogP contribution in [-0.2, 0) is 19.8 Å². The highest BCUT2D eigenvalue weighted by atomic mass is 35.5. The molecule has 3 aromatic heterocycles. The molecule has 6 nitrogen and oxygen atoms in total. The highest BCUT2D eigenvalue weighted by molar-refractivity contribution is 6.30. The first-order valence-electron chi connectivity index (χ1n) is 6.56. The fourth-order valence-electron chi connectivity index (χ4n) is 2.06. The summed E-state index contributed by atoms with van der Waals surface area (Å²) in [5.74, 6) is -2.17. The third kappa shape index (κ3) is 3.09. The lowest BCUT2D eigenvalue weighted by Gasteiger charge is -2.07. The Kier molecular flexibility index (Phi) is 3.99. The second-order valence-electron chi connectivity index (χ2n) is 4.84. The predicted octanol–water partition coefficient (Wildman–Crippen LogP) is 2.93. The van der Waals surface area contributed by atoms with Gasteiger partial charge in [0.25, 0.3) is 5.82 Å². The third-order valence-corrected chi connectivity index (χ3v) is 3.37. The summed E-state index contributed by atoms with van der Waals surface area (Å²) < 4.78 is 54.9. The summed E-state index contributed by atoms with van der Waals surface area (Å²) in [6.07, 6.45) is -2.13. The van der Waals surface area contributed by atoms with Crippen LogP contribution in [0.1, 0.15) is 11.5 Å². The Hall–Kier alpha value is -2.49. The van der Waals surface area contributed by atoms with E-state index in [1.807, 2.05) is 0 Å². The van der Waals surface area contributed by atoms with Crippen LogP contribution in [0.2, 0.25) is 5.02 Å². The zero-order valence-electron chi connectivity index (χ0n) is 12.1. The fraction of sp³-hybridized carbons (Fsp3) is 0.231. The van der Waals surface area contributed by atoms with Gasteiger partial charge in [0.05, 0.1) is 17.3 Å². The summed E-state index contributed by atoms with van der Waals surface area (Å²) in [7, 11) is 1.54. The maximum absolute atomic E-state index is 13.9. The summed E-state index contributed by atoms with van der Waals surface area (Å²) in [5.41, 5.74) is 0.189. The molecular formula is C13H9ClF4N6. The van der Waals surface area contributed by atoms with Crippen LogP contribution in [-0.4, -0.2) is 29.5 Å². The molecule has 126 valence electrons. The molecular weight excluding hydrogens is 352 g/mol. The Bertz CT molecular complexity index is 885. The summed E-state index contributed by atoms with van der Waals surface area (Å²) in [6.45, 7) is -0.341. The van der Waals surface area contributed by atoms with Gasteiger partial charge in [0, 0.05) is 19.4 Å². The van der Waals surface area contributed by atoms with Crippen molar-refractivity contribution in [2.24, 2.45) is 7.05 Å². The molecule has 3 heterocycles. The van der Waals surface area contributed by atoms with Crippen molar-refractivity contribution >= 4 is 11.6 Å². The van der Waals surface area contributed by atoms with Crippen molar-refractivity contribution in [3.05, 3.63) is 46.9 Å². The Morgan fingerprint density at radius 2 is 2.04 bits per heavy atom. The molecule has 0 saturated carbocycles. The highest BCUT2D eigenvalue weighted by Crippen LogP contribution is 2.29. The molecule has 0 aliphatic heterocycles. The Balaban J connectivity index is 2.09. The summed E-state index contributed by atoms with van der Waals surface area (Å²) >= 11 is 5.62. The van der Waals surface area contributed by atoms with E-state index in [0.717, 1.165) is 10.7 Å². The summed E-state index contributed by atoms with van der Waals surface area (Å²) in [6, 6.07) is 2.50. The zero-order valence-corrected chi connectivity index (χ0v) is 12.8. The van der Waals surface area contributed by atoms with Crippen molar-refractivity contribution in [2.75, 3.05) is 0 Å². The van der Waals surface area contributed by atoms with Gasteiger partial charge in [-0.25, -0.2) is 14.1 Å². The molecule has 0 aromatic carbocycles. The van der Waals surface area contributed by atoms with Gasteiger partial charge in [-0.05, 0) is 12.1 Å². The molecule has 0 aliphatic rings. The Morgan fingerprint density at radius 1 is 1.29 bits per heavy atom. The van der Waals surface area contributed by atoms with Gasteiger partial charge in [-0.15, -0.1) is 5.10 Å². The smallest absolute Gasteiger partial charge is 0.265 e. The molecule has 11 heteroatoms. The first kappa shape index (κ1) is 16.4. The van der Waals surface area contributed by atoms with E-state index in [1.165, 1.54) is 23.1 Å². The second kappa shape index (κ2) is 5.86. The number of alkyl halides is 3. The molecule has 24 heavy (non-hydrogen) atoms. The molecule has 0 N–H and O–H groups in total. The molecule has 0 atom stereocenters. The lowest BCUT2D eigenvalue weighted by Crippen LogP contribution is -2.11. The number of hydrogen-bond acceptors (Lipinski definition) is 4. The van der Waals surface area contributed by atoms with E-state index in [1.54, 1.807) is 7.05 Å². The summed E-state index contributed by atoms with van der Waals surface area (Å²) in [5, 5.41) is 7.41. The minimum absolute atomic E-state index is 0.0812. The van der Waals surface area contributed by atoms with E-state index < -0.39 is 17.8 Å². The van der Waals surface area contributed by atoms with Crippen LogP contribution < -0.4 is 0 Å². The van der Waals surface area contributed by atoms with Gasteiger partial charge in [0.1, 0.15) is 11.5 Å². The highest BCUT2D eigenvalue weighted by Gasteiger charge is 2.37. The predicted molar refractivity (Wildman–Crippen MR) is 75.5 cm³/mol. The van der Waals surface area contributed by atoms with E-state index in [2.05, 4.69) is 20.2 Å². The SMILES string of the molecule is Cn1nccc1-c1nc(C(F)(F)F)nn1Cc1ncc(Cl)cc1F. The molecule has 3 rings (SSSR count). The van der Waals surface area contributed by atoms with Crippen molar-refractivity contribution in [3.63, 3.8) is 0 Å². The molecule has 0 unspecified atom stereocenters. The van der Waals surface area contributed by atoms with Crippen LogP contribution in [0.25, 0.3) is 11.5 Å². The molecule has 3 aromatic rings. The molecule has 0 amide bonds. The van der Waals surface area contributed by atoms with E-state index >= 15 is 0 Å². The fourth-order valence-corrected chi connectivity index (χ4v) is 2.20. The van der Waals surface area contributed by atoms with E-state index in [0.29, 0.717) is 5.69 Å². The minimum atomic E-state index is -4.73. The van der Waals surface area contributed by atoms with Gasteiger partial charge in [0.2, 0.25) is 0 Å². The van der Waals surface area contributed by atoms with Crippen LogP contribution in [0, 0.1) is 5.82 Å². The topological polar surface area (TPSA) is 61.4 Å². The number of hydrogen-bond donors (Lipinski definition) is 0. The van der Waals surface area contributed by atoms with Crippen molar-refractivity contribution in [3.8, 4) is 11.5 Å². The van der Waals surface area contributed by atoms with Gasteiger partial charge in [-0.2, -0.15) is 18.3 Å². The Morgan fingerprint density at radius 3 is 2.62 bits per heavy atom. The maximum Gasteiger partial charge on any atom is 0.453 e. The monoisotopic (exact) mass is 360 g/mol. The van der Waals surface area contributed by atoms with Gasteiger partial charge in [0.15, 0.2) is 5.82 Å². The van der Waals surface area contributed by atoms with Crippen LogP contribution >= 0.6 is 11.6 Å². The maximum atomic E-state index is 13.9. The normalized spacial score (nSPS) is 11.9. The average Bonchev–Trinajstić information content (AvgIpc) is 3.07. The number of aromatic nitrogens is 6. The molecule has 0 fully saturated rings. The quantitative estimate of drug-likeness (QED) is 0.674. The number of halogens is 5. The van der Waals surface area contributed by atoms with Crippen molar-refractivity contribution < 1.29 is 17.6 Å². The molecule has 0 spiro atoms. The number of nitrogens with zero attached hydrogens (tertiary/aromatic N) is 6. The van der Waals surface area contributed by atoms with E-state index in [4.69, 9.17) is 11.6 Å². The average molecular weight is 361 g/mol. The van der Waals surface area contributed by atoms with E-state index in [-0.39, 0.29) is 23.1 Å². The van der Waals surface area contributed by atoms with Crippen LogP contribution in [0.5, 0.6) is 0 Å². The largest absolute Gasteiger partial charge is 0.453 e. The van der Waals surface area contributed by atoms with Crippen LogP contribution in [0.15, 0.2) is 24.5 Å². The number of pyridine rings is 1. The van der Waals surface area contributed by atoms with Gasteiger partial charge in [-0.1, -0.05) is 11.6 Å². The number of aryl methyl sites for hydroxylation is 1. The lowest BCUT2D eigenvalue weighted by molar-refractivity contribution is -0.144. The van der Waals surface area contributed by atoms with Crippen molar-refractivity contribution in [1.29, 1.82) is 0 Å². The van der Waals surface area contributed by atoms with E-state index in [9.17, 15) is 17.6 Å². The molecule has 0 saturated heterocycles. The first-order valence-corrected chi connectivity index (χ1v) is 6.94. The minimum Gasteiger partial charge on any atom is -0.265 e. The van der Waals surface area contributed by atoms with Crippen molar-refractivity contribution in [1.82, 2.24) is 29.5 Å². The lowest BCUT2D eigenvalue weighted by atomic mass is 10.3. The van der Waals surface area contributed by atoms with Crippen LogP contribution in [0.3, 0.4) is 0 Å². The van der Waals surface area contributed by atoms with Gasteiger partial charge < -0.3 is 0 Å². The standard InChI is InChI=1S/C13H9ClF4N6/c1-23-10(2-3-20-23)11-21-12(13(16,17)18)22-24(11)6-9-8(15)4-7(14)5-19-9/h2-5H,6H2,1H3. The first-order chi connectivity index (χ1) is 11.3. The third-order valence-electron chi connectivity index (χ3n) is 3.16. The molecule has 0 radical (unpaired) electrons. The Labute approximate surface area is 137 Å². The van der Waals surface area contributed by atoms with Gasteiger partial charge >= 0.3 is 6.18 Å². The van der Waals surface area contributed by atoms with Crippen molar-refractivity contribution in [2.45, 2.75) is 12.7 Å². The summed E-state index contributed by atoms with van der Waals surface area (Å²) in [4.78, 5) is 7.31.